The molecule has 0 aromatic heterocycles. The zero-order valence-corrected chi connectivity index (χ0v) is 11.5. The van der Waals surface area contributed by atoms with Gasteiger partial charge in [0.25, 0.3) is 0 Å². The van der Waals surface area contributed by atoms with E-state index in [1.54, 1.807) is 31.2 Å². The fraction of sp³-hybridized carbons (Fsp3) is 0.308. The lowest BCUT2D eigenvalue weighted by molar-refractivity contribution is -0.138. The number of anilines is 2. The summed E-state index contributed by atoms with van der Waals surface area (Å²) < 4.78 is 4.72. The van der Waals surface area contributed by atoms with Gasteiger partial charge < -0.3 is 20.9 Å². The van der Waals surface area contributed by atoms with Gasteiger partial charge in [0, 0.05) is 11.4 Å². The summed E-state index contributed by atoms with van der Waals surface area (Å²) in [4.78, 5) is 33.3. The van der Waals surface area contributed by atoms with Crippen LogP contribution >= 0.6 is 0 Å². The van der Waals surface area contributed by atoms with Crippen LogP contribution in [0.2, 0.25) is 0 Å². The molecule has 0 radical (unpaired) electrons. The van der Waals surface area contributed by atoms with E-state index in [9.17, 15) is 14.4 Å². The second-order valence-corrected chi connectivity index (χ2v) is 4.12. The maximum Gasteiger partial charge on any atom is 0.411 e. The first-order valence-electron chi connectivity index (χ1n) is 6.24. The molecule has 0 aliphatic heterocycles. The lowest BCUT2D eigenvalue weighted by Crippen LogP contribution is -2.37. The van der Waals surface area contributed by atoms with Gasteiger partial charge in [-0.1, -0.05) is 0 Å². The van der Waals surface area contributed by atoms with Crippen molar-refractivity contribution < 1.29 is 24.2 Å². The van der Waals surface area contributed by atoms with Gasteiger partial charge in [-0.15, -0.1) is 0 Å². The average molecular weight is 295 g/mol. The van der Waals surface area contributed by atoms with Crippen molar-refractivity contribution in [2.75, 3.05) is 17.2 Å². The Labute approximate surface area is 121 Å². The molecular formula is C13H17N3O5. The first-order chi connectivity index (χ1) is 9.92. The number of carboxylic acids is 1. The number of hydrogen-bond donors (Lipinski definition) is 4. The van der Waals surface area contributed by atoms with Crippen molar-refractivity contribution in [3.63, 3.8) is 0 Å². The van der Waals surface area contributed by atoms with E-state index < -0.39 is 30.4 Å². The number of carboxylic acid groups (broad SMARTS) is 1. The number of benzene rings is 1. The SMILES string of the molecule is CCOC(=O)Nc1ccc(NC(=O)C(N)CC(=O)O)cc1. The molecule has 0 saturated carbocycles. The quantitative estimate of drug-likeness (QED) is 0.619. The Kier molecular flexibility index (Phi) is 6.15. The molecule has 1 aromatic rings. The Morgan fingerprint density at radius 1 is 1.19 bits per heavy atom. The summed E-state index contributed by atoms with van der Waals surface area (Å²) >= 11 is 0. The molecule has 0 heterocycles. The molecule has 2 amide bonds. The standard InChI is InChI=1S/C13H17N3O5/c1-2-21-13(20)16-9-5-3-8(4-6-9)15-12(19)10(14)7-11(17)18/h3-6,10H,2,7,14H2,1H3,(H,15,19)(H,16,20)(H,17,18). The summed E-state index contributed by atoms with van der Waals surface area (Å²) in [6.45, 7) is 1.96. The Hall–Kier alpha value is -2.61. The van der Waals surface area contributed by atoms with E-state index >= 15 is 0 Å². The Morgan fingerprint density at radius 2 is 1.71 bits per heavy atom. The lowest BCUT2D eigenvalue weighted by Gasteiger charge is -2.11. The van der Waals surface area contributed by atoms with Crippen molar-refractivity contribution in [2.24, 2.45) is 5.73 Å². The average Bonchev–Trinajstić information content (AvgIpc) is 2.40. The minimum atomic E-state index is -1.15. The molecule has 1 rings (SSSR count). The number of amides is 2. The first kappa shape index (κ1) is 16.4. The Bertz CT molecular complexity index is 515. The number of nitrogens with one attached hydrogen (secondary N) is 2. The van der Waals surface area contributed by atoms with E-state index in [1.807, 2.05) is 0 Å². The second-order valence-electron chi connectivity index (χ2n) is 4.12. The van der Waals surface area contributed by atoms with E-state index in [0.717, 1.165) is 0 Å². The molecule has 8 nitrogen and oxygen atoms in total. The number of rotatable bonds is 6. The molecule has 1 unspecified atom stereocenters. The smallest absolute Gasteiger partial charge is 0.411 e. The number of nitrogens with two attached hydrogens (primary N) is 1. The fourth-order valence-corrected chi connectivity index (χ4v) is 1.44. The number of hydrogen-bond acceptors (Lipinski definition) is 5. The van der Waals surface area contributed by atoms with Gasteiger partial charge in [0.2, 0.25) is 5.91 Å². The van der Waals surface area contributed by atoms with Gasteiger partial charge in [-0.25, -0.2) is 4.79 Å². The summed E-state index contributed by atoms with van der Waals surface area (Å²) in [7, 11) is 0. The van der Waals surface area contributed by atoms with Gasteiger partial charge >= 0.3 is 12.1 Å². The van der Waals surface area contributed by atoms with Gasteiger partial charge in [-0.05, 0) is 31.2 Å². The van der Waals surface area contributed by atoms with Crippen LogP contribution in [0.15, 0.2) is 24.3 Å². The molecule has 0 saturated heterocycles. The van der Waals surface area contributed by atoms with Crippen LogP contribution in [0.4, 0.5) is 16.2 Å². The minimum absolute atomic E-state index is 0.265. The van der Waals surface area contributed by atoms with Crippen LogP contribution in [-0.4, -0.2) is 35.7 Å². The molecule has 0 aliphatic rings. The minimum Gasteiger partial charge on any atom is -0.481 e. The topological polar surface area (TPSA) is 131 Å². The van der Waals surface area contributed by atoms with Gasteiger partial charge in [0.1, 0.15) is 0 Å². The Morgan fingerprint density at radius 3 is 2.19 bits per heavy atom. The van der Waals surface area contributed by atoms with E-state index in [4.69, 9.17) is 15.6 Å². The third-order valence-corrected chi connectivity index (χ3v) is 2.41. The number of aliphatic carboxylic acids is 1. The first-order valence-corrected chi connectivity index (χ1v) is 6.24. The van der Waals surface area contributed by atoms with Crippen molar-refractivity contribution in [3.05, 3.63) is 24.3 Å². The third kappa shape index (κ3) is 5.91. The molecule has 8 heteroatoms. The third-order valence-electron chi connectivity index (χ3n) is 2.41. The van der Waals surface area contributed by atoms with Gasteiger partial charge in [-0.3, -0.25) is 14.9 Å². The summed E-state index contributed by atoms with van der Waals surface area (Å²) in [5.74, 6) is -1.74. The normalized spacial score (nSPS) is 11.3. The summed E-state index contributed by atoms with van der Waals surface area (Å²) in [6, 6.07) is 5.10. The van der Waals surface area contributed by atoms with Crippen LogP contribution in [0.3, 0.4) is 0 Å². The van der Waals surface area contributed by atoms with Crippen molar-refractivity contribution in [2.45, 2.75) is 19.4 Å². The zero-order valence-electron chi connectivity index (χ0n) is 11.5. The van der Waals surface area contributed by atoms with Crippen molar-refractivity contribution in [1.82, 2.24) is 0 Å². The maximum absolute atomic E-state index is 11.6. The van der Waals surface area contributed by atoms with Crippen molar-refractivity contribution >= 4 is 29.3 Å². The number of carbonyl (C=O) groups excluding carboxylic acids is 2. The van der Waals surface area contributed by atoms with Crippen LogP contribution in [0.1, 0.15) is 13.3 Å². The van der Waals surface area contributed by atoms with Crippen LogP contribution in [0.5, 0.6) is 0 Å². The number of ether oxygens (including phenoxy) is 1. The number of carbonyl (C=O) groups is 3. The molecule has 0 aliphatic carbocycles. The zero-order chi connectivity index (χ0) is 15.8. The molecule has 0 bridgehead atoms. The molecule has 5 N–H and O–H groups in total. The van der Waals surface area contributed by atoms with Gasteiger partial charge in [0.05, 0.1) is 19.1 Å². The maximum atomic E-state index is 11.6. The van der Waals surface area contributed by atoms with Crippen molar-refractivity contribution in [3.8, 4) is 0 Å². The monoisotopic (exact) mass is 295 g/mol. The highest BCUT2D eigenvalue weighted by atomic mass is 16.5. The lowest BCUT2D eigenvalue weighted by atomic mass is 10.2. The highest BCUT2D eigenvalue weighted by Crippen LogP contribution is 2.14. The van der Waals surface area contributed by atoms with E-state index in [0.29, 0.717) is 11.4 Å². The van der Waals surface area contributed by atoms with Crippen LogP contribution in [-0.2, 0) is 14.3 Å². The van der Waals surface area contributed by atoms with Crippen LogP contribution < -0.4 is 16.4 Å². The molecule has 114 valence electrons. The van der Waals surface area contributed by atoms with E-state index in [2.05, 4.69) is 10.6 Å². The Balaban J connectivity index is 2.56. The predicted octanol–water partition coefficient (Wildman–Crippen LogP) is 0.995. The summed E-state index contributed by atoms with van der Waals surface area (Å²) in [5, 5.41) is 13.5. The molecule has 21 heavy (non-hydrogen) atoms. The van der Waals surface area contributed by atoms with Crippen molar-refractivity contribution in [1.29, 1.82) is 0 Å². The fourth-order valence-electron chi connectivity index (χ4n) is 1.44. The highest BCUT2D eigenvalue weighted by molar-refractivity contribution is 5.96. The van der Waals surface area contributed by atoms with Gasteiger partial charge in [0.15, 0.2) is 0 Å². The second kappa shape index (κ2) is 7.85. The predicted molar refractivity (Wildman–Crippen MR) is 75.9 cm³/mol. The summed E-state index contributed by atoms with van der Waals surface area (Å²) in [5.41, 5.74) is 6.37. The molecular weight excluding hydrogens is 278 g/mol. The molecule has 1 atom stereocenters. The largest absolute Gasteiger partial charge is 0.481 e. The van der Waals surface area contributed by atoms with Crippen LogP contribution in [0.25, 0.3) is 0 Å². The van der Waals surface area contributed by atoms with Crippen LogP contribution in [0, 0.1) is 0 Å². The molecule has 0 fully saturated rings. The van der Waals surface area contributed by atoms with E-state index in [-0.39, 0.29) is 6.61 Å². The summed E-state index contributed by atoms with van der Waals surface area (Å²) in [6.07, 6.45) is -1.02. The molecule has 0 spiro atoms. The van der Waals surface area contributed by atoms with E-state index in [1.165, 1.54) is 0 Å². The highest BCUT2D eigenvalue weighted by Gasteiger charge is 2.16. The van der Waals surface area contributed by atoms with Gasteiger partial charge in [-0.2, -0.15) is 0 Å². The molecule has 1 aromatic carbocycles.